The Labute approximate surface area is 167 Å². The summed E-state index contributed by atoms with van der Waals surface area (Å²) in [6, 6.07) is 13.6. The van der Waals surface area contributed by atoms with Crippen LogP contribution in [0.25, 0.3) is 0 Å². The van der Waals surface area contributed by atoms with Gasteiger partial charge in [-0.05, 0) is 24.6 Å². The van der Waals surface area contributed by atoms with Crippen molar-refractivity contribution in [3.63, 3.8) is 0 Å². The quantitative estimate of drug-likeness (QED) is 0.602. The highest BCUT2D eigenvalue weighted by Gasteiger charge is 2.17. The van der Waals surface area contributed by atoms with E-state index in [2.05, 4.69) is 4.90 Å². The van der Waals surface area contributed by atoms with Crippen molar-refractivity contribution in [2.24, 2.45) is 0 Å². The molecular weight excluding hydrogens is 358 g/mol. The molecule has 0 bridgehead atoms. The predicted molar refractivity (Wildman–Crippen MR) is 109 cm³/mol. The predicted octanol–water partition coefficient (Wildman–Crippen LogP) is 2.90. The van der Waals surface area contributed by atoms with E-state index in [0.29, 0.717) is 37.7 Å². The van der Waals surface area contributed by atoms with Crippen molar-refractivity contribution in [2.45, 2.75) is 19.6 Å². The summed E-state index contributed by atoms with van der Waals surface area (Å²) in [7, 11) is 4.92. The normalized spacial score (nSPS) is 12.1. The highest BCUT2D eigenvalue weighted by atomic mass is 16.5. The minimum atomic E-state index is -0.631. The van der Waals surface area contributed by atoms with Crippen LogP contribution in [0.3, 0.4) is 0 Å². The molecule has 0 radical (unpaired) electrons. The van der Waals surface area contributed by atoms with Gasteiger partial charge in [-0.25, -0.2) is 0 Å². The number of methoxy groups -OCH3 is 3. The molecule has 0 aromatic heterocycles. The van der Waals surface area contributed by atoms with Gasteiger partial charge in [0, 0.05) is 32.3 Å². The van der Waals surface area contributed by atoms with Gasteiger partial charge >= 0.3 is 0 Å². The van der Waals surface area contributed by atoms with E-state index in [1.165, 1.54) is 0 Å². The Hall–Kier alpha value is -2.28. The van der Waals surface area contributed by atoms with Crippen molar-refractivity contribution in [3.8, 4) is 17.2 Å². The number of para-hydroxylation sites is 2. The summed E-state index contributed by atoms with van der Waals surface area (Å²) in [4.78, 5) is 2.12. The van der Waals surface area contributed by atoms with Gasteiger partial charge in [-0.3, -0.25) is 4.90 Å². The van der Waals surface area contributed by atoms with E-state index < -0.39 is 6.10 Å². The molecule has 2 aromatic carbocycles. The van der Waals surface area contributed by atoms with E-state index in [0.717, 1.165) is 16.9 Å². The number of nitrogens with zero attached hydrogens (tertiary/aromatic N) is 1. The monoisotopic (exact) mass is 389 g/mol. The highest BCUT2D eigenvalue weighted by Crippen LogP contribution is 2.31. The third-order valence-corrected chi connectivity index (χ3v) is 4.48. The Morgan fingerprint density at radius 2 is 1.71 bits per heavy atom. The molecular formula is C22H31NO5. The molecule has 0 unspecified atom stereocenters. The van der Waals surface area contributed by atoms with Crippen LogP contribution in [0.5, 0.6) is 17.2 Å². The summed E-state index contributed by atoms with van der Waals surface area (Å²) in [5.74, 6) is 2.19. The van der Waals surface area contributed by atoms with Crippen LogP contribution in [0.1, 0.15) is 11.1 Å². The maximum Gasteiger partial charge on any atom is 0.165 e. The number of rotatable bonds is 12. The molecule has 6 nitrogen and oxygen atoms in total. The minimum absolute atomic E-state index is 0.226. The van der Waals surface area contributed by atoms with Crippen molar-refractivity contribution in [1.29, 1.82) is 0 Å². The van der Waals surface area contributed by atoms with Gasteiger partial charge in [0.25, 0.3) is 0 Å². The lowest BCUT2D eigenvalue weighted by Crippen LogP contribution is -2.37. The molecule has 0 saturated heterocycles. The summed E-state index contributed by atoms with van der Waals surface area (Å²) < 4.78 is 21.9. The van der Waals surface area contributed by atoms with Crippen LogP contribution < -0.4 is 14.2 Å². The molecule has 0 aliphatic heterocycles. The minimum Gasteiger partial charge on any atom is -0.493 e. The zero-order valence-electron chi connectivity index (χ0n) is 17.2. The molecule has 0 aliphatic carbocycles. The highest BCUT2D eigenvalue weighted by molar-refractivity contribution is 5.46. The van der Waals surface area contributed by atoms with Crippen LogP contribution in [0, 0.1) is 6.92 Å². The fourth-order valence-electron chi connectivity index (χ4n) is 3.03. The first kappa shape index (κ1) is 22.0. The molecule has 0 saturated carbocycles. The number of aliphatic hydroxyl groups excluding tert-OH is 1. The topological polar surface area (TPSA) is 60.4 Å². The van der Waals surface area contributed by atoms with Crippen molar-refractivity contribution >= 4 is 0 Å². The number of hydrogen-bond acceptors (Lipinski definition) is 6. The fraction of sp³-hybridized carbons (Fsp3) is 0.455. The van der Waals surface area contributed by atoms with E-state index >= 15 is 0 Å². The average molecular weight is 389 g/mol. The Morgan fingerprint density at radius 3 is 2.39 bits per heavy atom. The van der Waals surface area contributed by atoms with Gasteiger partial charge in [0.05, 0.1) is 20.8 Å². The van der Waals surface area contributed by atoms with Crippen LogP contribution in [0.15, 0.2) is 42.5 Å². The smallest absolute Gasteiger partial charge is 0.165 e. The van der Waals surface area contributed by atoms with E-state index in [1.54, 1.807) is 21.3 Å². The Kier molecular flexibility index (Phi) is 9.07. The molecule has 2 rings (SSSR count). The fourth-order valence-corrected chi connectivity index (χ4v) is 3.03. The van der Waals surface area contributed by atoms with E-state index in [1.807, 2.05) is 49.4 Å². The number of hydrogen-bond donors (Lipinski definition) is 1. The Morgan fingerprint density at radius 1 is 0.964 bits per heavy atom. The number of aliphatic hydroxyl groups is 1. The molecule has 0 spiro atoms. The van der Waals surface area contributed by atoms with Gasteiger partial charge < -0.3 is 24.1 Å². The van der Waals surface area contributed by atoms with Crippen molar-refractivity contribution in [1.82, 2.24) is 4.90 Å². The molecule has 2 aromatic rings. The molecule has 1 N–H and O–H groups in total. The van der Waals surface area contributed by atoms with E-state index in [9.17, 15) is 5.11 Å². The van der Waals surface area contributed by atoms with Crippen LogP contribution in [0.2, 0.25) is 0 Å². The van der Waals surface area contributed by atoms with Gasteiger partial charge in [0.15, 0.2) is 11.5 Å². The van der Waals surface area contributed by atoms with Gasteiger partial charge in [-0.15, -0.1) is 0 Å². The first-order chi connectivity index (χ1) is 13.6. The van der Waals surface area contributed by atoms with Crippen LogP contribution in [-0.2, 0) is 11.3 Å². The summed E-state index contributed by atoms with van der Waals surface area (Å²) in [6.07, 6.45) is -0.631. The summed E-state index contributed by atoms with van der Waals surface area (Å²) >= 11 is 0. The molecule has 0 amide bonds. The molecule has 6 heteroatoms. The van der Waals surface area contributed by atoms with Crippen molar-refractivity contribution < 1.29 is 24.1 Å². The van der Waals surface area contributed by atoms with E-state index in [4.69, 9.17) is 18.9 Å². The zero-order valence-corrected chi connectivity index (χ0v) is 17.2. The molecule has 0 heterocycles. The first-order valence-corrected chi connectivity index (χ1v) is 9.36. The van der Waals surface area contributed by atoms with Gasteiger partial charge in [0.2, 0.25) is 0 Å². The largest absolute Gasteiger partial charge is 0.493 e. The van der Waals surface area contributed by atoms with Crippen molar-refractivity contribution in [2.75, 3.05) is 47.6 Å². The Bertz CT molecular complexity index is 722. The summed E-state index contributed by atoms with van der Waals surface area (Å²) in [5.41, 5.74) is 2.04. The van der Waals surface area contributed by atoms with Crippen molar-refractivity contribution in [3.05, 3.63) is 53.6 Å². The van der Waals surface area contributed by atoms with Crippen LogP contribution in [-0.4, -0.2) is 63.7 Å². The Balaban J connectivity index is 2.02. The van der Waals surface area contributed by atoms with Gasteiger partial charge in [-0.2, -0.15) is 0 Å². The molecule has 28 heavy (non-hydrogen) atoms. The third kappa shape index (κ3) is 6.41. The maximum absolute atomic E-state index is 10.5. The number of aryl methyl sites for hydroxylation is 1. The second-order valence-electron chi connectivity index (χ2n) is 6.61. The summed E-state index contributed by atoms with van der Waals surface area (Å²) in [5, 5.41) is 10.5. The SMILES string of the molecule is COCCN(Cc1cccc(OC)c1OC)C[C@H](O)COc1ccccc1C. The van der Waals surface area contributed by atoms with Crippen LogP contribution >= 0.6 is 0 Å². The first-order valence-electron chi connectivity index (χ1n) is 9.36. The van der Waals surface area contributed by atoms with Crippen LogP contribution in [0.4, 0.5) is 0 Å². The lowest BCUT2D eigenvalue weighted by Gasteiger charge is -2.26. The summed E-state index contributed by atoms with van der Waals surface area (Å²) in [6.45, 7) is 4.52. The standard InChI is InChI=1S/C22H31NO5/c1-17-8-5-6-10-20(17)28-16-19(24)15-23(12-13-25-2)14-18-9-7-11-21(26-3)22(18)27-4/h5-11,19,24H,12-16H2,1-4H3/t19-/m0/s1. The average Bonchev–Trinajstić information content (AvgIpc) is 2.71. The maximum atomic E-state index is 10.5. The lowest BCUT2D eigenvalue weighted by atomic mass is 10.1. The lowest BCUT2D eigenvalue weighted by molar-refractivity contribution is 0.0537. The third-order valence-electron chi connectivity index (χ3n) is 4.48. The number of ether oxygens (including phenoxy) is 4. The van der Waals surface area contributed by atoms with Gasteiger partial charge in [-0.1, -0.05) is 30.3 Å². The molecule has 154 valence electrons. The molecule has 0 aliphatic rings. The van der Waals surface area contributed by atoms with E-state index in [-0.39, 0.29) is 6.61 Å². The zero-order chi connectivity index (χ0) is 20.4. The second kappa shape index (κ2) is 11.5. The van der Waals surface area contributed by atoms with Gasteiger partial charge in [0.1, 0.15) is 18.5 Å². The second-order valence-corrected chi connectivity index (χ2v) is 6.61. The molecule has 0 fully saturated rings. The molecule has 1 atom stereocenters. The number of benzene rings is 2.